The van der Waals surface area contributed by atoms with E-state index in [9.17, 15) is 9.59 Å². The van der Waals surface area contributed by atoms with Gasteiger partial charge in [0.2, 0.25) is 0 Å². The number of carbonyl (C=O) groups excluding carboxylic acids is 1. The Morgan fingerprint density at radius 2 is 2.12 bits per heavy atom. The number of hydrogen-bond donors (Lipinski definition) is 2. The molecule has 1 aromatic carbocycles. The van der Waals surface area contributed by atoms with Crippen molar-refractivity contribution in [3.05, 3.63) is 58.5 Å². The number of carbonyl (C=O) groups is 2. The molecule has 132 valence electrons. The molecule has 1 saturated heterocycles. The topological polar surface area (TPSA) is 82.5 Å². The number of rotatable bonds is 6. The summed E-state index contributed by atoms with van der Waals surface area (Å²) in [6.07, 6.45) is 5.09. The first-order valence-electron chi connectivity index (χ1n) is 7.44. The van der Waals surface area contributed by atoms with E-state index in [1.807, 2.05) is 35.7 Å². The Kier molecular flexibility index (Phi) is 5.82. The van der Waals surface area contributed by atoms with Crippen LogP contribution in [0.4, 0.5) is 10.8 Å². The van der Waals surface area contributed by atoms with Gasteiger partial charge in [-0.1, -0.05) is 48.3 Å². The van der Waals surface area contributed by atoms with E-state index < -0.39 is 18.4 Å². The zero-order chi connectivity index (χ0) is 18.5. The number of hydrogen-bond acceptors (Lipinski definition) is 7. The molecule has 1 amide bonds. The Hall–Kier alpha value is -2.49. The van der Waals surface area contributed by atoms with Crippen molar-refractivity contribution in [2.45, 2.75) is 0 Å². The number of thiocarbonyl (C=S) groups is 1. The third-order valence-electron chi connectivity index (χ3n) is 3.23. The lowest BCUT2D eigenvalue weighted by atomic mass is 10.3. The van der Waals surface area contributed by atoms with Crippen LogP contribution in [0.25, 0.3) is 6.08 Å². The summed E-state index contributed by atoms with van der Waals surface area (Å²) in [5, 5.41) is 14.7. The van der Waals surface area contributed by atoms with Crippen LogP contribution in [-0.4, -0.2) is 37.7 Å². The van der Waals surface area contributed by atoms with Crippen LogP contribution in [0.15, 0.2) is 52.8 Å². The van der Waals surface area contributed by atoms with E-state index >= 15 is 0 Å². The Labute approximate surface area is 163 Å². The van der Waals surface area contributed by atoms with Gasteiger partial charge in [-0.2, -0.15) is 0 Å². The fraction of sp³-hybridized carbons (Fsp3) is 0.0588. The molecule has 0 radical (unpaired) electrons. The number of para-hydroxylation sites is 1. The minimum absolute atomic E-state index is 0.250. The second-order valence-corrected chi connectivity index (χ2v) is 7.65. The van der Waals surface area contributed by atoms with Crippen LogP contribution >= 0.6 is 35.3 Å². The molecule has 2 heterocycles. The molecule has 9 heteroatoms. The molecule has 0 saturated carbocycles. The number of aromatic nitrogens is 1. The maximum Gasteiger partial charge on any atom is 0.323 e. The van der Waals surface area contributed by atoms with E-state index in [4.69, 9.17) is 17.3 Å². The Morgan fingerprint density at radius 1 is 1.35 bits per heavy atom. The van der Waals surface area contributed by atoms with Crippen LogP contribution in [0.5, 0.6) is 0 Å². The predicted octanol–water partition coefficient (Wildman–Crippen LogP) is 3.73. The molecule has 26 heavy (non-hydrogen) atoms. The average molecular weight is 404 g/mol. The van der Waals surface area contributed by atoms with Gasteiger partial charge in [0, 0.05) is 11.1 Å². The number of nitrogens with zero attached hydrogens (tertiary/aromatic N) is 2. The van der Waals surface area contributed by atoms with Crippen molar-refractivity contribution in [3.63, 3.8) is 0 Å². The minimum atomic E-state index is -1.10. The minimum Gasteiger partial charge on any atom is -0.480 e. The molecular weight excluding hydrogens is 390 g/mol. The number of anilines is 2. The first-order chi connectivity index (χ1) is 12.5. The molecule has 1 aliphatic heterocycles. The quantitative estimate of drug-likeness (QED) is 0.562. The third-order valence-corrected chi connectivity index (χ3v) is 5.40. The van der Waals surface area contributed by atoms with Crippen LogP contribution in [0.1, 0.15) is 5.69 Å². The average Bonchev–Trinajstić information content (AvgIpc) is 3.15. The van der Waals surface area contributed by atoms with Gasteiger partial charge in [-0.25, -0.2) is 4.98 Å². The maximum atomic E-state index is 12.1. The summed E-state index contributed by atoms with van der Waals surface area (Å²) in [6, 6.07) is 9.74. The van der Waals surface area contributed by atoms with Gasteiger partial charge in [-0.3, -0.25) is 14.5 Å². The van der Waals surface area contributed by atoms with Crippen LogP contribution in [0.2, 0.25) is 0 Å². The van der Waals surface area contributed by atoms with Crippen LogP contribution in [0, 0.1) is 0 Å². The standard InChI is InChI=1S/C17H13N3O3S3/c21-14(22)9-20-15(23)13(26-17(20)24)8-4-7-12-10-25-16(19-12)18-11-5-2-1-3-6-11/h1-8,10H,9H2,(H,18,19)(H,21,22)/b7-4+,13-8?. The zero-order valence-electron chi connectivity index (χ0n) is 13.3. The molecule has 0 bridgehead atoms. The molecule has 0 atom stereocenters. The highest BCUT2D eigenvalue weighted by Gasteiger charge is 2.32. The number of amides is 1. The molecule has 0 aliphatic carbocycles. The maximum absolute atomic E-state index is 12.1. The predicted molar refractivity (Wildman–Crippen MR) is 108 cm³/mol. The van der Waals surface area contributed by atoms with Crippen LogP contribution < -0.4 is 5.32 Å². The highest BCUT2D eigenvalue weighted by molar-refractivity contribution is 8.26. The van der Waals surface area contributed by atoms with E-state index in [0.717, 1.165) is 33.2 Å². The summed E-state index contributed by atoms with van der Waals surface area (Å²) in [4.78, 5) is 28.8. The molecule has 1 aromatic heterocycles. The number of nitrogens with one attached hydrogen (secondary N) is 1. The summed E-state index contributed by atoms with van der Waals surface area (Å²) >= 11 is 7.61. The summed E-state index contributed by atoms with van der Waals surface area (Å²) in [6.45, 7) is -0.424. The van der Waals surface area contributed by atoms with Gasteiger partial charge in [0.05, 0.1) is 10.6 Å². The number of allylic oxidation sites excluding steroid dienone is 2. The number of thioether (sulfide) groups is 1. The first-order valence-corrected chi connectivity index (χ1v) is 9.55. The van der Waals surface area contributed by atoms with E-state index in [1.165, 1.54) is 11.3 Å². The molecule has 2 aromatic rings. The van der Waals surface area contributed by atoms with Crippen molar-refractivity contribution in [3.8, 4) is 0 Å². The summed E-state index contributed by atoms with van der Waals surface area (Å²) in [7, 11) is 0. The highest BCUT2D eigenvalue weighted by atomic mass is 32.2. The molecule has 0 spiro atoms. The fourth-order valence-corrected chi connectivity index (χ4v) is 3.99. The summed E-state index contributed by atoms with van der Waals surface area (Å²) < 4.78 is 0.250. The number of benzene rings is 1. The molecule has 1 fully saturated rings. The number of carboxylic acids is 1. The first kappa shape index (κ1) is 18.3. The second kappa shape index (κ2) is 8.26. The summed E-state index contributed by atoms with van der Waals surface area (Å²) in [5.74, 6) is -1.49. The van der Waals surface area contributed by atoms with Gasteiger partial charge in [0.1, 0.15) is 10.9 Å². The molecule has 1 aliphatic rings. The van der Waals surface area contributed by atoms with Crippen LogP contribution in [0.3, 0.4) is 0 Å². The van der Waals surface area contributed by atoms with Gasteiger partial charge in [0.15, 0.2) is 5.13 Å². The van der Waals surface area contributed by atoms with Gasteiger partial charge >= 0.3 is 5.97 Å². The lowest BCUT2D eigenvalue weighted by Gasteiger charge is -2.09. The van der Waals surface area contributed by atoms with Gasteiger partial charge in [0.25, 0.3) is 5.91 Å². The number of carboxylic acid groups (broad SMARTS) is 1. The lowest BCUT2D eigenvalue weighted by Crippen LogP contribution is -2.33. The van der Waals surface area contributed by atoms with Crippen molar-refractivity contribution in [1.82, 2.24) is 9.88 Å². The smallest absolute Gasteiger partial charge is 0.323 e. The van der Waals surface area contributed by atoms with Crippen molar-refractivity contribution >= 4 is 68.4 Å². The molecule has 6 nitrogen and oxygen atoms in total. The molecule has 2 N–H and O–H groups in total. The van der Waals surface area contributed by atoms with E-state index in [2.05, 4.69) is 10.3 Å². The normalized spacial score (nSPS) is 16.0. The monoisotopic (exact) mass is 403 g/mol. The highest BCUT2D eigenvalue weighted by Crippen LogP contribution is 2.30. The molecule has 3 rings (SSSR count). The van der Waals surface area contributed by atoms with Crippen molar-refractivity contribution in [1.29, 1.82) is 0 Å². The van der Waals surface area contributed by atoms with Crippen molar-refractivity contribution < 1.29 is 14.7 Å². The Bertz CT molecular complexity index is 906. The lowest BCUT2D eigenvalue weighted by molar-refractivity contribution is -0.140. The zero-order valence-corrected chi connectivity index (χ0v) is 15.7. The molecular formula is C17H13N3O3S3. The van der Waals surface area contributed by atoms with Crippen molar-refractivity contribution in [2.24, 2.45) is 0 Å². The fourth-order valence-electron chi connectivity index (χ4n) is 2.08. The second-order valence-electron chi connectivity index (χ2n) is 5.11. The summed E-state index contributed by atoms with van der Waals surface area (Å²) in [5.41, 5.74) is 1.71. The van der Waals surface area contributed by atoms with Gasteiger partial charge in [-0.15, -0.1) is 11.3 Å². The van der Waals surface area contributed by atoms with Gasteiger partial charge in [-0.05, 0) is 24.3 Å². The van der Waals surface area contributed by atoms with Gasteiger partial charge < -0.3 is 10.4 Å². The van der Waals surface area contributed by atoms with E-state index in [1.54, 1.807) is 18.2 Å². The number of aliphatic carboxylic acids is 1. The Balaban J connectivity index is 1.64. The van der Waals surface area contributed by atoms with E-state index in [-0.39, 0.29) is 4.32 Å². The third kappa shape index (κ3) is 4.57. The largest absolute Gasteiger partial charge is 0.480 e. The Morgan fingerprint density at radius 3 is 2.85 bits per heavy atom. The van der Waals surface area contributed by atoms with E-state index in [0.29, 0.717) is 4.91 Å². The molecule has 0 unspecified atom stereocenters. The number of thiazole rings is 1. The SMILES string of the molecule is O=C(O)CN1C(=O)C(=C/C=C/c2csc(Nc3ccccc3)n2)SC1=S. The van der Waals surface area contributed by atoms with Crippen LogP contribution in [-0.2, 0) is 9.59 Å². The van der Waals surface area contributed by atoms with Crippen molar-refractivity contribution in [2.75, 3.05) is 11.9 Å².